The molecule has 0 saturated carbocycles. The first kappa shape index (κ1) is 20.2. The van der Waals surface area contributed by atoms with Gasteiger partial charge >= 0.3 is 0 Å². The molecule has 130 valence electrons. The summed E-state index contributed by atoms with van der Waals surface area (Å²) < 4.78 is 19.3. The summed E-state index contributed by atoms with van der Waals surface area (Å²) in [5.41, 5.74) is 4.99. The fraction of sp³-hybridized carbons (Fsp3) is 0.562. The predicted molar refractivity (Wildman–Crippen MR) is 91.7 cm³/mol. The Hall–Kier alpha value is -0.880. The molecule has 1 aliphatic rings. The molecule has 0 radical (unpaired) electrons. The Kier molecular flexibility index (Phi) is 6.83. The lowest BCUT2D eigenvalue weighted by Crippen LogP contribution is -2.58. The maximum Gasteiger partial charge on any atom is 0.240 e. The number of benzene rings is 1. The average Bonchev–Trinajstić information content (AvgIpc) is 2.45. The molecule has 1 saturated heterocycles. The number of hydrogen-bond acceptors (Lipinski definition) is 3. The highest BCUT2D eigenvalue weighted by molar-refractivity contribution is 6.31. The molecule has 4 nitrogen and oxygen atoms in total. The first-order valence-electron chi connectivity index (χ1n) is 7.36. The fourth-order valence-electron chi connectivity index (χ4n) is 2.67. The van der Waals surface area contributed by atoms with Crippen molar-refractivity contribution in [1.82, 2.24) is 5.32 Å². The van der Waals surface area contributed by atoms with Crippen LogP contribution < -0.4 is 11.1 Å². The quantitative estimate of drug-likeness (QED) is 0.863. The van der Waals surface area contributed by atoms with Crippen molar-refractivity contribution in [3.05, 3.63) is 34.6 Å². The van der Waals surface area contributed by atoms with E-state index < -0.39 is 11.0 Å². The van der Waals surface area contributed by atoms with Crippen molar-refractivity contribution in [2.75, 3.05) is 19.8 Å². The molecule has 1 heterocycles. The van der Waals surface area contributed by atoms with Gasteiger partial charge in [-0.3, -0.25) is 4.79 Å². The van der Waals surface area contributed by atoms with E-state index in [0.29, 0.717) is 36.6 Å². The van der Waals surface area contributed by atoms with Crippen LogP contribution in [0.3, 0.4) is 0 Å². The van der Waals surface area contributed by atoms with Gasteiger partial charge in [0.05, 0.1) is 5.54 Å². The highest BCUT2D eigenvalue weighted by Crippen LogP contribution is 2.32. The lowest BCUT2D eigenvalue weighted by atomic mass is 9.83. The largest absolute Gasteiger partial charge is 0.381 e. The summed E-state index contributed by atoms with van der Waals surface area (Å²) in [4.78, 5) is 12.3. The van der Waals surface area contributed by atoms with E-state index in [9.17, 15) is 9.18 Å². The van der Waals surface area contributed by atoms with Gasteiger partial charge in [-0.1, -0.05) is 31.5 Å². The van der Waals surface area contributed by atoms with Crippen LogP contribution in [0, 0.1) is 5.82 Å². The number of hydrogen-bond donors (Lipinski definition) is 2. The van der Waals surface area contributed by atoms with Crippen molar-refractivity contribution < 1.29 is 13.9 Å². The molecule has 0 aliphatic carbocycles. The van der Waals surface area contributed by atoms with Gasteiger partial charge in [0.25, 0.3) is 0 Å². The van der Waals surface area contributed by atoms with Crippen LogP contribution in [0.15, 0.2) is 18.2 Å². The maximum atomic E-state index is 14.1. The van der Waals surface area contributed by atoms with E-state index >= 15 is 0 Å². The van der Waals surface area contributed by atoms with Gasteiger partial charge in [-0.25, -0.2) is 4.39 Å². The predicted octanol–water partition coefficient (Wildman–Crippen LogP) is 2.80. The fourth-order valence-corrected chi connectivity index (χ4v) is 3.09. The smallest absolute Gasteiger partial charge is 0.240 e. The molecular weight excluding hydrogens is 342 g/mol. The summed E-state index contributed by atoms with van der Waals surface area (Å²) in [6.45, 7) is 4.89. The van der Waals surface area contributed by atoms with E-state index in [1.807, 2.05) is 13.8 Å². The Balaban J connectivity index is 0.00000264. The number of nitrogens with one attached hydrogen (secondary N) is 1. The molecule has 1 amide bonds. The van der Waals surface area contributed by atoms with Crippen LogP contribution in [-0.2, 0) is 14.9 Å². The van der Waals surface area contributed by atoms with Crippen molar-refractivity contribution in [2.24, 2.45) is 5.73 Å². The first-order chi connectivity index (χ1) is 10.3. The summed E-state index contributed by atoms with van der Waals surface area (Å²) in [5.74, 6) is -0.600. The van der Waals surface area contributed by atoms with E-state index in [1.165, 1.54) is 6.07 Å². The number of halogens is 3. The molecule has 0 atom stereocenters. The van der Waals surface area contributed by atoms with Gasteiger partial charge in [0.1, 0.15) is 5.82 Å². The summed E-state index contributed by atoms with van der Waals surface area (Å²) >= 11 is 6.11. The lowest BCUT2D eigenvalue weighted by molar-refractivity contribution is -0.130. The van der Waals surface area contributed by atoms with Gasteiger partial charge in [0, 0.05) is 35.8 Å². The minimum Gasteiger partial charge on any atom is -0.381 e. The molecule has 0 bridgehead atoms. The SMILES string of the molecule is CC(C)(CNC(=O)C1(N)CCOCC1)c1c(F)cccc1Cl.Cl. The number of amides is 1. The number of carbonyl (C=O) groups is 1. The minimum atomic E-state index is -0.909. The molecule has 2 rings (SSSR count). The van der Waals surface area contributed by atoms with Gasteiger partial charge in [0.15, 0.2) is 0 Å². The number of nitrogens with two attached hydrogens (primary N) is 1. The Labute approximate surface area is 147 Å². The zero-order valence-electron chi connectivity index (χ0n) is 13.3. The Morgan fingerprint density at radius 3 is 2.61 bits per heavy atom. The van der Waals surface area contributed by atoms with Crippen LogP contribution in [0.1, 0.15) is 32.3 Å². The molecule has 0 aromatic heterocycles. The molecule has 3 N–H and O–H groups in total. The third-order valence-electron chi connectivity index (χ3n) is 4.17. The maximum absolute atomic E-state index is 14.1. The van der Waals surface area contributed by atoms with Crippen LogP contribution in [0.5, 0.6) is 0 Å². The van der Waals surface area contributed by atoms with E-state index in [1.54, 1.807) is 12.1 Å². The highest BCUT2D eigenvalue weighted by atomic mass is 35.5. The second kappa shape index (κ2) is 7.79. The Bertz CT molecular complexity index is 541. The van der Waals surface area contributed by atoms with Crippen molar-refractivity contribution in [3.8, 4) is 0 Å². The van der Waals surface area contributed by atoms with Crippen molar-refractivity contribution in [2.45, 2.75) is 37.6 Å². The zero-order valence-corrected chi connectivity index (χ0v) is 14.9. The van der Waals surface area contributed by atoms with E-state index in [0.717, 1.165) is 0 Å². The molecule has 1 aromatic carbocycles. The van der Waals surface area contributed by atoms with Crippen LogP contribution in [0.2, 0.25) is 5.02 Å². The first-order valence-corrected chi connectivity index (χ1v) is 7.73. The number of ether oxygens (including phenoxy) is 1. The summed E-state index contributed by atoms with van der Waals surface area (Å²) in [7, 11) is 0. The van der Waals surface area contributed by atoms with Gasteiger partial charge in [-0.15, -0.1) is 12.4 Å². The second-order valence-electron chi connectivity index (χ2n) is 6.43. The number of carbonyl (C=O) groups excluding carboxylic acids is 1. The zero-order chi connectivity index (χ0) is 16.4. The van der Waals surface area contributed by atoms with E-state index in [-0.39, 0.29) is 30.7 Å². The van der Waals surface area contributed by atoms with Crippen molar-refractivity contribution in [1.29, 1.82) is 0 Å². The summed E-state index contributed by atoms with van der Waals surface area (Å²) in [5, 5.41) is 3.20. The Morgan fingerprint density at radius 1 is 1.43 bits per heavy atom. The second-order valence-corrected chi connectivity index (χ2v) is 6.84. The van der Waals surface area contributed by atoms with Crippen LogP contribution in [-0.4, -0.2) is 31.2 Å². The van der Waals surface area contributed by atoms with Gasteiger partial charge in [0.2, 0.25) is 5.91 Å². The number of rotatable bonds is 4. The third-order valence-corrected chi connectivity index (χ3v) is 4.48. The molecule has 1 fully saturated rings. The molecular formula is C16H23Cl2FN2O2. The van der Waals surface area contributed by atoms with Gasteiger partial charge < -0.3 is 15.8 Å². The molecule has 1 aromatic rings. The molecule has 7 heteroatoms. The third kappa shape index (κ3) is 4.57. The van der Waals surface area contributed by atoms with Crippen molar-refractivity contribution >= 4 is 29.9 Å². The molecule has 0 spiro atoms. The van der Waals surface area contributed by atoms with E-state index in [4.69, 9.17) is 22.1 Å². The lowest BCUT2D eigenvalue weighted by Gasteiger charge is -2.34. The molecule has 1 aliphatic heterocycles. The minimum absolute atomic E-state index is 0. The normalized spacial score (nSPS) is 17.3. The standard InChI is InChI=1S/C16H22ClFN2O2.ClH/c1-15(2,13-11(17)4-3-5-12(13)18)10-20-14(21)16(19)6-8-22-9-7-16;/h3-5H,6-10,19H2,1-2H3,(H,20,21);1H. The highest BCUT2D eigenvalue weighted by Gasteiger charge is 2.37. The van der Waals surface area contributed by atoms with Crippen LogP contribution in [0.25, 0.3) is 0 Å². The summed E-state index contributed by atoms with van der Waals surface area (Å²) in [6, 6.07) is 4.58. The molecule has 0 unspecified atom stereocenters. The topological polar surface area (TPSA) is 64.4 Å². The van der Waals surface area contributed by atoms with E-state index in [2.05, 4.69) is 5.32 Å². The van der Waals surface area contributed by atoms with Gasteiger partial charge in [-0.05, 0) is 25.0 Å². The monoisotopic (exact) mass is 364 g/mol. The van der Waals surface area contributed by atoms with Gasteiger partial charge in [-0.2, -0.15) is 0 Å². The molecule has 23 heavy (non-hydrogen) atoms. The van der Waals surface area contributed by atoms with Crippen LogP contribution >= 0.6 is 24.0 Å². The Morgan fingerprint density at radius 2 is 2.04 bits per heavy atom. The van der Waals surface area contributed by atoms with Crippen LogP contribution in [0.4, 0.5) is 4.39 Å². The summed E-state index contributed by atoms with van der Waals surface area (Å²) in [6.07, 6.45) is 0.972. The van der Waals surface area contributed by atoms with Crippen molar-refractivity contribution in [3.63, 3.8) is 0 Å². The average molecular weight is 365 g/mol.